The first kappa shape index (κ1) is 20.1. The third-order valence-electron chi connectivity index (χ3n) is 4.77. The fraction of sp³-hybridized carbons (Fsp3) is 0.556. The van der Waals surface area contributed by atoms with Crippen LogP contribution in [0.4, 0.5) is 5.69 Å². The number of imidazole rings is 1. The molecule has 0 radical (unpaired) electrons. The van der Waals surface area contributed by atoms with Crippen LogP contribution in [0.2, 0.25) is 18.1 Å². The highest BCUT2D eigenvalue weighted by Crippen LogP contribution is 2.36. The van der Waals surface area contributed by atoms with Crippen LogP contribution in [0.5, 0.6) is 0 Å². The molecule has 0 unspecified atom stereocenters. The molecular weight excluding hydrogens is 348 g/mol. The second-order valence-electron chi connectivity index (χ2n) is 7.72. The largest absolute Gasteiger partial charge is 0.458 e. The molecule has 26 heavy (non-hydrogen) atoms. The number of aromatic nitrogens is 3. The van der Waals surface area contributed by atoms with Gasteiger partial charge in [0.25, 0.3) is 0 Å². The minimum Gasteiger partial charge on any atom is -0.458 e. The highest BCUT2D eigenvalue weighted by Gasteiger charge is 2.37. The number of hydrogen-bond acceptors (Lipinski definition) is 5. The molecule has 0 spiro atoms. The summed E-state index contributed by atoms with van der Waals surface area (Å²) < 4.78 is 13.3. The Kier molecular flexibility index (Phi) is 5.83. The number of esters is 1. The van der Waals surface area contributed by atoms with Crippen molar-refractivity contribution in [3.63, 3.8) is 0 Å². The molecule has 2 aromatic heterocycles. The van der Waals surface area contributed by atoms with Crippen molar-refractivity contribution in [1.82, 2.24) is 14.5 Å². The van der Waals surface area contributed by atoms with Crippen molar-refractivity contribution < 1.29 is 14.0 Å². The second-order valence-corrected chi connectivity index (χ2v) is 12.5. The molecule has 0 saturated heterocycles. The smallest absolute Gasteiger partial charge is 0.303 e. The predicted octanol–water partition coefficient (Wildman–Crippen LogP) is 4.07. The summed E-state index contributed by atoms with van der Waals surface area (Å²) in [4.78, 5) is 23.4. The summed E-state index contributed by atoms with van der Waals surface area (Å²) in [5.74, 6) is 0.236. The van der Waals surface area contributed by atoms with Gasteiger partial charge in [0.15, 0.2) is 14.0 Å². The number of ether oxygens (including phenoxy) is 1. The fourth-order valence-electron chi connectivity index (χ4n) is 2.23. The molecule has 7 nitrogen and oxygen atoms in total. The number of pyridine rings is 1. The number of carbonyl (C=O) groups is 1. The van der Waals surface area contributed by atoms with Crippen LogP contribution in [0.15, 0.2) is 12.3 Å². The molecule has 0 amide bonds. The monoisotopic (exact) mass is 374 g/mol. The molecule has 8 heteroatoms. The van der Waals surface area contributed by atoms with E-state index in [0.717, 1.165) is 0 Å². The minimum atomic E-state index is -1.85. The molecule has 2 rings (SSSR count). The molecular formula is C18H26N4O3Si. The normalized spacial score (nSPS) is 12.2. The summed E-state index contributed by atoms with van der Waals surface area (Å²) in [5, 5.41) is 0.132. The van der Waals surface area contributed by atoms with Crippen LogP contribution in [0.25, 0.3) is 16.0 Å². The lowest BCUT2D eigenvalue weighted by atomic mass is 10.2. The zero-order valence-corrected chi connectivity index (χ0v) is 17.3. The van der Waals surface area contributed by atoms with Crippen LogP contribution in [-0.2, 0) is 27.1 Å². The van der Waals surface area contributed by atoms with E-state index in [1.54, 1.807) is 6.07 Å². The summed E-state index contributed by atoms with van der Waals surface area (Å²) in [6.45, 7) is 20.7. The number of rotatable bonds is 6. The van der Waals surface area contributed by atoms with Crippen LogP contribution in [-0.4, -0.2) is 35.4 Å². The Morgan fingerprint density at radius 2 is 2.08 bits per heavy atom. The van der Waals surface area contributed by atoms with Gasteiger partial charge in [-0.1, -0.05) is 20.8 Å². The van der Waals surface area contributed by atoms with Crippen molar-refractivity contribution in [1.29, 1.82) is 0 Å². The maximum atomic E-state index is 11.2. The van der Waals surface area contributed by atoms with Gasteiger partial charge < -0.3 is 13.7 Å². The van der Waals surface area contributed by atoms with Crippen LogP contribution in [0, 0.1) is 6.57 Å². The summed E-state index contributed by atoms with van der Waals surface area (Å²) in [5.41, 5.74) is 1.71. The van der Waals surface area contributed by atoms with Crippen LogP contribution in [0.3, 0.4) is 0 Å². The number of carbonyl (C=O) groups excluding carboxylic acids is 1. The summed E-state index contributed by atoms with van der Waals surface area (Å²) in [6.07, 6.45) is 1.53. The zero-order chi connectivity index (χ0) is 19.5. The standard InChI is InChI=1S/C18H26N4O3Si/c1-13(23)24-12-16-21-15-10-14(19-5)11-20-17(15)22(16)8-9-25-26(6,7)18(2,3)4/h10-11H,8-9,12H2,1-4,6-7H3. The van der Waals surface area contributed by atoms with E-state index >= 15 is 0 Å². The van der Waals surface area contributed by atoms with Gasteiger partial charge >= 0.3 is 5.97 Å². The molecule has 0 atom stereocenters. The molecule has 0 N–H and O–H groups in total. The summed E-state index contributed by atoms with van der Waals surface area (Å²) in [7, 11) is -1.85. The molecule has 0 saturated carbocycles. The molecule has 0 aliphatic carbocycles. The Bertz CT molecular complexity index is 846. The van der Waals surface area contributed by atoms with Crippen molar-refractivity contribution in [2.45, 2.75) is 59.0 Å². The van der Waals surface area contributed by atoms with E-state index in [-0.39, 0.29) is 17.6 Å². The zero-order valence-electron chi connectivity index (χ0n) is 16.3. The van der Waals surface area contributed by atoms with Gasteiger partial charge in [0.1, 0.15) is 12.4 Å². The van der Waals surface area contributed by atoms with Crippen LogP contribution < -0.4 is 0 Å². The topological polar surface area (TPSA) is 70.6 Å². The van der Waals surface area contributed by atoms with E-state index < -0.39 is 8.32 Å². The van der Waals surface area contributed by atoms with Gasteiger partial charge in [-0.05, 0) is 24.2 Å². The maximum absolute atomic E-state index is 11.2. The van der Waals surface area contributed by atoms with E-state index in [1.807, 2.05) is 4.57 Å². The predicted molar refractivity (Wildman–Crippen MR) is 102 cm³/mol. The fourth-order valence-corrected chi connectivity index (χ4v) is 3.26. The SMILES string of the molecule is [C-]#[N+]c1cnc2c(c1)nc(COC(C)=O)n2CCO[Si](C)(C)C(C)(C)C. The molecule has 2 heterocycles. The lowest BCUT2D eigenvalue weighted by Gasteiger charge is -2.36. The van der Waals surface area contributed by atoms with Crippen molar-refractivity contribution in [2.24, 2.45) is 0 Å². The van der Waals surface area contributed by atoms with Gasteiger partial charge in [-0.3, -0.25) is 4.79 Å². The van der Waals surface area contributed by atoms with Gasteiger partial charge in [-0.2, -0.15) is 0 Å². The lowest BCUT2D eigenvalue weighted by Crippen LogP contribution is -2.41. The maximum Gasteiger partial charge on any atom is 0.303 e. The third kappa shape index (κ3) is 4.48. The Hall–Kier alpha value is -2.24. The number of fused-ring (bicyclic) bond motifs is 1. The minimum absolute atomic E-state index is 0.0686. The Labute approximate surface area is 155 Å². The first-order valence-corrected chi connectivity index (χ1v) is 11.5. The van der Waals surface area contributed by atoms with Crippen molar-refractivity contribution in [3.05, 3.63) is 29.5 Å². The molecule has 140 valence electrons. The van der Waals surface area contributed by atoms with Crippen molar-refractivity contribution in [3.8, 4) is 0 Å². The third-order valence-corrected chi connectivity index (χ3v) is 9.31. The average Bonchev–Trinajstić information content (AvgIpc) is 2.88. The van der Waals surface area contributed by atoms with Crippen LogP contribution >= 0.6 is 0 Å². The second kappa shape index (κ2) is 7.56. The highest BCUT2D eigenvalue weighted by molar-refractivity contribution is 6.74. The van der Waals surface area contributed by atoms with E-state index in [4.69, 9.17) is 15.7 Å². The van der Waals surface area contributed by atoms with E-state index in [1.165, 1.54) is 13.1 Å². The van der Waals surface area contributed by atoms with E-state index in [9.17, 15) is 4.79 Å². The molecule has 0 aromatic carbocycles. The number of hydrogen-bond donors (Lipinski definition) is 0. The van der Waals surface area contributed by atoms with Crippen molar-refractivity contribution in [2.75, 3.05) is 6.61 Å². The first-order valence-electron chi connectivity index (χ1n) is 8.55. The molecule has 2 aromatic rings. The van der Waals surface area contributed by atoms with Crippen LogP contribution in [0.1, 0.15) is 33.5 Å². The van der Waals surface area contributed by atoms with E-state index in [2.05, 4.69) is 48.7 Å². The molecule has 0 aliphatic heterocycles. The number of nitrogens with zero attached hydrogens (tertiary/aromatic N) is 4. The average molecular weight is 375 g/mol. The Balaban J connectivity index is 2.27. The van der Waals surface area contributed by atoms with Gasteiger partial charge in [0, 0.05) is 19.7 Å². The van der Waals surface area contributed by atoms with Crippen molar-refractivity contribution >= 4 is 31.1 Å². The molecule has 0 fully saturated rings. The molecule has 0 aliphatic rings. The summed E-state index contributed by atoms with van der Waals surface area (Å²) >= 11 is 0. The lowest BCUT2D eigenvalue weighted by molar-refractivity contribution is -0.142. The van der Waals surface area contributed by atoms with Gasteiger partial charge in [0.05, 0.1) is 18.7 Å². The Morgan fingerprint density at radius 1 is 1.38 bits per heavy atom. The first-order chi connectivity index (χ1) is 12.0. The van der Waals surface area contributed by atoms with E-state index in [0.29, 0.717) is 35.8 Å². The Morgan fingerprint density at radius 3 is 2.65 bits per heavy atom. The van der Waals surface area contributed by atoms with Gasteiger partial charge in [-0.15, -0.1) is 0 Å². The quantitative estimate of drug-likeness (QED) is 0.433. The highest BCUT2D eigenvalue weighted by atomic mass is 28.4. The van der Waals surface area contributed by atoms with Gasteiger partial charge in [0.2, 0.25) is 5.69 Å². The van der Waals surface area contributed by atoms with Gasteiger partial charge in [-0.25, -0.2) is 14.8 Å². The molecule has 0 bridgehead atoms. The summed E-state index contributed by atoms with van der Waals surface area (Å²) in [6, 6.07) is 1.69.